The molecular formula is C18H37NO3. The fraction of sp³-hybridized carbons (Fsp3) is 0.889. The van der Waals surface area contributed by atoms with Crippen LogP contribution in [0.4, 0.5) is 0 Å². The van der Waals surface area contributed by atoms with Crippen LogP contribution in [0.15, 0.2) is 12.2 Å². The minimum Gasteiger partial charge on any atom is -0.395 e. The molecule has 132 valence electrons. The van der Waals surface area contributed by atoms with Crippen molar-refractivity contribution in [2.24, 2.45) is 5.73 Å². The van der Waals surface area contributed by atoms with Crippen molar-refractivity contribution in [3.8, 4) is 0 Å². The summed E-state index contributed by atoms with van der Waals surface area (Å²) >= 11 is 0. The molecule has 22 heavy (non-hydrogen) atoms. The van der Waals surface area contributed by atoms with Crippen LogP contribution in [0.5, 0.6) is 0 Å². The summed E-state index contributed by atoms with van der Waals surface area (Å²) in [6, 6.07) is -0.761. The first-order valence-electron chi connectivity index (χ1n) is 9.01. The van der Waals surface area contributed by atoms with E-state index in [0.717, 1.165) is 19.3 Å². The molecule has 0 unspecified atom stereocenters. The van der Waals surface area contributed by atoms with Gasteiger partial charge in [0.25, 0.3) is 0 Å². The first kappa shape index (κ1) is 21.6. The summed E-state index contributed by atoms with van der Waals surface area (Å²) in [5, 5.41) is 28.1. The molecule has 0 fully saturated rings. The molecule has 0 heterocycles. The predicted molar refractivity (Wildman–Crippen MR) is 92.7 cm³/mol. The van der Waals surface area contributed by atoms with Gasteiger partial charge in [-0.25, -0.2) is 0 Å². The molecule has 0 aromatic heterocycles. The third kappa shape index (κ3) is 12.2. The lowest BCUT2D eigenvalue weighted by Crippen LogP contribution is -2.45. The fourth-order valence-electron chi connectivity index (χ4n) is 2.46. The molecule has 0 saturated carbocycles. The minimum absolute atomic E-state index is 0.309. The Morgan fingerprint density at radius 3 is 2.00 bits per heavy atom. The number of nitrogens with two attached hydrogens (primary N) is 1. The van der Waals surface area contributed by atoms with Gasteiger partial charge in [-0.3, -0.25) is 0 Å². The van der Waals surface area contributed by atoms with E-state index in [0.29, 0.717) is 6.42 Å². The maximum absolute atomic E-state index is 9.72. The minimum atomic E-state index is -1.04. The number of aliphatic hydroxyl groups is 3. The molecule has 0 aliphatic rings. The average Bonchev–Trinajstić information content (AvgIpc) is 2.54. The molecular weight excluding hydrogens is 278 g/mol. The largest absolute Gasteiger partial charge is 0.395 e. The second-order valence-corrected chi connectivity index (χ2v) is 6.22. The highest BCUT2D eigenvalue weighted by Gasteiger charge is 2.21. The monoisotopic (exact) mass is 315 g/mol. The predicted octanol–water partition coefficient (Wildman–Crippen LogP) is 2.90. The molecule has 0 rings (SSSR count). The molecule has 0 aromatic rings. The Balaban J connectivity index is 3.40. The van der Waals surface area contributed by atoms with Gasteiger partial charge in [0, 0.05) is 0 Å². The summed E-state index contributed by atoms with van der Waals surface area (Å²) in [5.41, 5.74) is 5.48. The Morgan fingerprint density at radius 1 is 0.864 bits per heavy atom. The molecule has 4 heteroatoms. The average molecular weight is 315 g/mol. The van der Waals surface area contributed by atoms with Crippen molar-refractivity contribution in [1.82, 2.24) is 0 Å². The van der Waals surface area contributed by atoms with Crippen LogP contribution in [0.1, 0.15) is 77.6 Å². The molecule has 0 aromatic carbocycles. The van der Waals surface area contributed by atoms with Crippen LogP contribution in [0.25, 0.3) is 0 Å². The molecule has 0 radical (unpaired) electrons. The van der Waals surface area contributed by atoms with Crippen LogP contribution in [0.3, 0.4) is 0 Å². The van der Waals surface area contributed by atoms with Crippen molar-refractivity contribution in [2.75, 3.05) is 6.61 Å². The van der Waals surface area contributed by atoms with Crippen molar-refractivity contribution < 1.29 is 15.3 Å². The highest BCUT2D eigenvalue weighted by atomic mass is 16.3. The number of unbranched alkanes of at least 4 members (excludes halogenated alkanes) is 8. The first-order valence-corrected chi connectivity index (χ1v) is 9.01. The number of aliphatic hydroxyl groups excluding tert-OH is 3. The molecule has 0 saturated heterocycles. The maximum Gasteiger partial charge on any atom is 0.0971 e. The number of hydrogen-bond donors (Lipinski definition) is 4. The van der Waals surface area contributed by atoms with Gasteiger partial charge in [-0.15, -0.1) is 0 Å². The highest BCUT2D eigenvalue weighted by Crippen LogP contribution is 2.10. The third-order valence-electron chi connectivity index (χ3n) is 4.06. The Labute approximate surface area is 136 Å². The van der Waals surface area contributed by atoms with Crippen LogP contribution >= 0.6 is 0 Å². The lowest BCUT2D eigenvalue weighted by Gasteiger charge is -2.21. The van der Waals surface area contributed by atoms with Gasteiger partial charge in [-0.05, 0) is 32.1 Å². The standard InChI is InChI=1S/C18H37NO3/c1-2-3-4-5-6-7-8-9-10-11-12-13-14-17(21)18(22)16(19)15-20/h10-11,16-18,20-22H,2-9,12-15,19H2,1H3/b11-10-/t16-,17-,18-/m0/s1. The molecule has 0 spiro atoms. The van der Waals surface area contributed by atoms with Crippen molar-refractivity contribution in [2.45, 2.75) is 95.8 Å². The normalized spacial score (nSPS) is 16.0. The zero-order chi connectivity index (χ0) is 16.6. The molecule has 0 aliphatic carbocycles. The van der Waals surface area contributed by atoms with E-state index in [1.165, 1.54) is 44.9 Å². The lowest BCUT2D eigenvalue weighted by molar-refractivity contribution is -0.0117. The van der Waals surface area contributed by atoms with Gasteiger partial charge in [0.1, 0.15) is 0 Å². The highest BCUT2D eigenvalue weighted by molar-refractivity contribution is 4.83. The van der Waals surface area contributed by atoms with Gasteiger partial charge in [0.2, 0.25) is 0 Å². The summed E-state index contributed by atoms with van der Waals surface area (Å²) < 4.78 is 0. The SMILES string of the molecule is CCCCCCCCC/C=C\CCC[C@H](O)[C@@H](O)[C@@H](N)CO. The van der Waals surface area contributed by atoms with Gasteiger partial charge in [0.05, 0.1) is 24.9 Å². The van der Waals surface area contributed by atoms with E-state index < -0.39 is 18.2 Å². The molecule has 4 nitrogen and oxygen atoms in total. The van der Waals surface area contributed by atoms with Gasteiger partial charge in [-0.2, -0.15) is 0 Å². The molecule has 0 bridgehead atoms. The zero-order valence-electron chi connectivity index (χ0n) is 14.3. The van der Waals surface area contributed by atoms with Gasteiger partial charge < -0.3 is 21.1 Å². The van der Waals surface area contributed by atoms with Crippen LogP contribution in [-0.2, 0) is 0 Å². The number of allylic oxidation sites excluding steroid dienone is 2. The first-order chi connectivity index (χ1) is 10.6. The Hall–Kier alpha value is -0.420. The Morgan fingerprint density at radius 2 is 1.41 bits per heavy atom. The summed E-state index contributed by atoms with van der Waals surface area (Å²) in [5.74, 6) is 0. The van der Waals surface area contributed by atoms with Gasteiger partial charge >= 0.3 is 0 Å². The number of rotatable bonds is 15. The van der Waals surface area contributed by atoms with Crippen LogP contribution in [0.2, 0.25) is 0 Å². The van der Waals surface area contributed by atoms with Crippen LogP contribution < -0.4 is 5.73 Å². The summed E-state index contributed by atoms with van der Waals surface area (Å²) in [6.45, 7) is 1.93. The maximum atomic E-state index is 9.72. The topological polar surface area (TPSA) is 86.7 Å². The fourth-order valence-corrected chi connectivity index (χ4v) is 2.46. The van der Waals surface area contributed by atoms with Crippen molar-refractivity contribution >= 4 is 0 Å². The van der Waals surface area contributed by atoms with Crippen molar-refractivity contribution in [3.05, 3.63) is 12.2 Å². The van der Waals surface area contributed by atoms with Crippen LogP contribution in [0, 0.1) is 0 Å². The summed E-state index contributed by atoms with van der Waals surface area (Å²) in [4.78, 5) is 0. The van der Waals surface area contributed by atoms with Crippen molar-refractivity contribution in [3.63, 3.8) is 0 Å². The van der Waals surface area contributed by atoms with E-state index in [1.54, 1.807) is 0 Å². The van der Waals surface area contributed by atoms with E-state index >= 15 is 0 Å². The molecule has 3 atom stereocenters. The second kappa shape index (κ2) is 15.5. The van der Waals surface area contributed by atoms with E-state index in [4.69, 9.17) is 10.8 Å². The van der Waals surface area contributed by atoms with E-state index in [-0.39, 0.29) is 6.61 Å². The van der Waals surface area contributed by atoms with E-state index in [1.807, 2.05) is 0 Å². The summed E-state index contributed by atoms with van der Waals surface area (Å²) in [7, 11) is 0. The van der Waals surface area contributed by atoms with Gasteiger partial charge in [0.15, 0.2) is 0 Å². The lowest BCUT2D eigenvalue weighted by atomic mass is 10.0. The smallest absolute Gasteiger partial charge is 0.0971 e. The molecule has 5 N–H and O–H groups in total. The quantitative estimate of drug-likeness (QED) is 0.276. The summed E-state index contributed by atoms with van der Waals surface area (Å²) in [6.07, 6.45) is 15.2. The second-order valence-electron chi connectivity index (χ2n) is 6.22. The number of hydrogen-bond acceptors (Lipinski definition) is 4. The Bertz CT molecular complexity index is 259. The van der Waals surface area contributed by atoms with Crippen LogP contribution in [-0.4, -0.2) is 40.2 Å². The van der Waals surface area contributed by atoms with Gasteiger partial charge in [-0.1, -0.05) is 57.6 Å². The van der Waals surface area contributed by atoms with E-state index in [9.17, 15) is 10.2 Å². The Kier molecular flexibility index (Phi) is 15.2. The van der Waals surface area contributed by atoms with Crippen molar-refractivity contribution in [1.29, 1.82) is 0 Å². The zero-order valence-corrected chi connectivity index (χ0v) is 14.3. The molecule has 0 aliphatic heterocycles. The van der Waals surface area contributed by atoms with E-state index in [2.05, 4.69) is 19.1 Å². The third-order valence-corrected chi connectivity index (χ3v) is 4.06. The molecule has 0 amide bonds.